The lowest BCUT2D eigenvalue weighted by molar-refractivity contribution is 0.835. The molecule has 2 rings (SSSR count). The fraction of sp³-hybridized carbons (Fsp3) is 0.214. The second kappa shape index (κ2) is 7.30. The zero-order chi connectivity index (χ0) is 17.3. The second-order valence-corrected chi connectivity index (χ2v) is 9.14. The van der Waals surface area contributed by atoms with Crippen molar-refractivity contribution in [3.05, 3.63) is 52.9 Å². The Morgan fingerprint density at radius 2 is 1.22 bits per heavy atom. The van der Waals surface area contributed by atoms with Crippen molar-refractivity contribution in [2.75, 3.05) is 0 Å². The van der Waals surface area contributed by atoms with Crippen LogP contribution in [0.2, 0.25) is 0 Å². The van der Waals surface area contributed by atoms with Gasteiger partial charge in [-0.1, -0.05) is 106 Å². The van der Waals surface area contributed by atoms with Gasteiger partial charge in [-0.2, -0.15) is 0 Å². The molecule has 122 valence electrons. The van der Waals surface area contributed by atoms with Crippen LogP contribution in [0, 0.1) is 6.92 Å². The molecular weight excluding hydrogens is 423 g/mol. The summed E-state index contributed by atoms with van der Waals surface area (Å²) >= 11 is 34.9. The third-order valence-electron chi connectivity index (χ3n) is 2.66. The third-order valence-corrected chi connectivity index (χ3v) is 3.68. The Bertz CT molecular complexity index is 685. The molecule has 0 unspecified atom stereocenters. The van der Waals surface area contributed by atoms with Crippen molar-refractivity contribution < 1.29 is 0 Å². The first-order valence-electron chi connectivity index (χ1n) is 6.21. The zero-order valence-electron chi connectivity index (χ0n) is 11.6. The topological polar surface area (TPSA) is 38.7 Å². The first-order valence-corrected chi connectivity index (χ1v) is 8.48. The van der Waals surface area contributed by atoms with Crippen molar-refractivity contribution in [1.29, 1.82) is 0 Å². The van der Waals surface area contributed by atoms with Gasteiger partial charge in [0.05, 0.1) is 0 Å². The van der Waals surface area contributed by atoms with Crippen LogP contribution in [0.25, 0.3) is 12.2 Å². The maximum absolute atomic E-state index is 5.81. The van der Waals surface area contributed by atoms with Crippen LogP contribution in [-0.4, -0.2) is 15.0 Å². The fourth-order valence-electron chi connectivity index (χ4n) is 1.57. The van der Waals surface area contributed by atoms with Crippen molar-refractivity contribution in [1.82, 2.24) is 15.0 Å². The monoisotopic (exact) mass is 429 g/mol. The Morgan fingerprint density at radius 1 is 0.739 bits per heavy atom. The van der Waals surface area contributed by atoms with E-state index in [9.17, 15) is 0 Å². The van der Waals surface area contributed by atoms with E-state index in [1.165, 1.54) is 0 Å². The first-order chi connectivity index (χ1) is 10.6. The summed E-state index contributed by atoms with van der Waals surface area (Å²) in [6, 6.07) is 7.84. The quantitative estimate of drug-likeness (QED) is 0.547. The number of aryl methyl sites for hydroxylation is 1. The van der Waals surface area contributed by atoms with Crippen LogP contribution in [0.15, 0.2) is 24.3 Å². The van der Waals surface area contributed by atoms with Gasteiger partial charge in [0.2, 0.25) is 7.59 Å². The molecule has 23 heavy (non-hydrogen) atoms. The molecule has 0 saturated carbocycles. The summed E-state index contributed by atoms with van der Waals surface area (Å²) in [6.45, 7) is 2.00. The van der Waals surface area contributed by atoms with Crippen LogP contribution >= 0.6 is 69.6 Å². The number of halogens is 6. The SMILES string of the molecule is Cc1ccc(C=Cc2nc(C(Cl)(Cl)Cl)nc(C(Cl)(Cl)Cl)n2)cc1. The van der Waals surface area contributed by atoms with Gasteiger partial charge in [0.15, 0.2) is 17.5 Å². The summed E-state index contributed by atoms with van der Waals surface area (Å²) in [5.74, 6) is -0.0343. The second-order valence-electron chi connectivity index (χ2n) is 4.58. The smallest absolute Gasteiger partial charge is 0.209 e. The molecular formula is C14H9Cl6N3. The van der Waals surface area contributed by atoms with Crippen LogP contribution in [0.5, 0.6) is 0 Å². The average molecular weight is 432 g/mol. The molecule has 0 N–H and O–H groups in total. The molecule has 0 atom stereocenters. The number of hydrogen-bond acceptors (Lipinski definition) is 3. The van der Waals surface area contributed by atoms with Gasteiger partial charge in [-0.15, -0.1) is 0 Å². The molecule has 0 aliphatic heterocycles. The molecule has 1 aromatic carbocycles. The third kappa shape index (κ3) is 5.63. The lowest BCUT2D eigenvalue weighted by Gasteiger charge is -2.14. The van der Waals surface area contributed by atoms with Crippen molar-refractivity contribution >= 4 is 81.8 Å². The van der Waals surface area contributed by atoms with Gasteiger partial charge >= 0.3 is 0 Å². The van der Waals surface area contributed by atoms with E-state index < -0.39 is 7.59 Å². The molecule has 0 amide bonds. The van der Waals surface area contributed by atoms with E-state index >= 15 is 0 Å². The van der Waals surface area contributed by atoms with Gasteiger partial charge in [0.1, 0.15) is 0 Å². The Balaban J connectivity index is 2.43. The van der Waals surface area contributed by atoms with E-state index in [1.807, 2.05) is 31.2 Å². The molecule has 0 radical (unpaired) electrons. The van der Waals surface area contributed by atoms with E-state index in [2.05, 4.69) is 15.0 Å². The summed E-state index contributed by atoms with van der Waals surface area (Å²) in [4.78, 5) is 12.0. The number of aromatic nitrogens is 3. The summed E-state index contributed by atoms with van der Waals surface area (Å²) in [5, 5.41) is 0. The van der Waals surface area contributed by atoms with Crippen molar-refractivity contribution in [3.63, 3.8) is 0 Å². The lowest BCUT2D eigenvalue weighted by atomic mass is 10.1. The number of rotatable bonds is 2. The normalized spacial score (nSPS) is 12.8. The van der Waals surface area contributed by atoms with Gasteiger partial charge in [-0.05, 0) is 18.6 Å². The van der Waals surface area contributed by atoms with E-state index in [0.717, 1.165) is 11.1 Å². The minimum absolute atomic E-state index is 0.123. The van der Waals surface area contributed by atoms with E-state index in [-0.39, 0.29) is 17.5 Å². The Labute approximate surface area is 163 Å². The van der Waals surface area contributed by atoms with Crippen molar-refractivity contribution in [2.24, 2.45) is 0 Å². The number of hydrogen-bond donors (Lipinski definition) is 0. The van der Waals surface area contributed by atoms with Crippen LogP contribution < -0.4 is 0 Å². The molecule has 0 fully saturated rings. The summed E-state index contributed by atoms with van der Waals surface area (Å²) in [7, 11) is 0. The predicted octanol–water partition coefficient (Wildman–Crippen LogP) is 6.00. The largest absolute Gasteiger partial charge is 0.250 e. The Hall–Kier alpha value is -0.290. The van der Waals surface area contributed by atoms with Crippen LogP contribution in [-0.2, 0) is 7.59 Å². The predicted molar refractivity (Wildman–Crippen MR) is 98.4 cm³/mol. The molecule has 0 spiro atoms. The molecule has 0 bridgehead atoms. The minimum atomic E-state index is -1.86. The summed E-state index contributed by atoms with van der Waals surface area (Å²) in [6.07, 6.45) is 3.41. The number of nitrogens with zero attached hydrogens (tertiary/aromatic N) is 3. The highest BCUT2D eigenvalue weighted by Crippen LogP contribution is 2.39. The van der Waals surface area contributed by atoms with E-state index in [1.54, 1.807) is 12.2 Å². The van der Waals surface area contributed by atoms with Crippen LogP contribution in [0.1, 0.15) is 28.6 Å². The minimum Gasteiger partial charge on any atom is -0.209 e. The highest BCUT2D eigenvalue weighted by atomic mass is 35.6. The van der Waals surface area contributed by atoms with Crippen LogP contribution in [0.3, 0.4) is 0 Å². The Kier molecular flexibility index (Phi) is 6.04. The molecule has 0 saturated heterocycles. The molecule has 0 aliphatic carbocycles. The van der Waals surface area contributed by atoms with Gasteiger partial charge in [-0.3, -0.25) is 0 Å². The Morgan fingerprint density at radius 3 is 1.65 bits per heavy atom. The molecule has 9 heteroatoms. The fourth-order valence-corrected chi connectivity index (χ4v) is 2.08. The van der Waals surface area contributed by atoms with Gasteiger partial charge in [0, 0.05) is 0 Å². The average Bonchev–Trinajstić information content (AvgIpc) is 2.44. The standard InChI is InChI=1S/C14H9Cl6N3/c1-8-2-4-9(5-3-8)6-7-10-21-11(13(15,16)17)23-12(22-10)14(18,19)20/h2-7H,1H3. The highest BCUT2D eigenvalue weighted by Gasteiger charge is 2.33. The van der Waals surface area contributed by atoms with E-state index in [0.29, 0.717) is 0 Å². The highest BCUT2D eigenvalue weighted by molar-refractivity contribution is 6.67. The zero-order valence-corrected chi connectivity index (χ0v) is 16.1. The van der Waals surface area contributed by atoms with Gasteiger partial charge in [0.25, 0.3) is 0 Å². The van der Waals surface area contributed by atoms with Crippen LogP contribution in [0.4, 0.5) is 0 Å². The summed E-state index contributed by atoms with van der Waals surface area (Å²) < 4.78 is -3.72. The molecule has 2 aromatic rings. The number of alkyl halides is 6. The molecule has 1 aromatic heterocycles. The first kappa shape index (κ1) is 19.0. The molecule has 0 aliphatic rings. The molecule has 3 nitrogen and oxygen atoms in total. The van der Waals surface area contributed by atoms with Gasteiger partial charge < -0.3 is 0 Å². The molecule has 1 heterocycles. The summed E-state index contributed by atoms with van der Waals surface area (Å²) in [5.41, 5.74) is 2.10. The van der Waals surface area contributed by atoms with Gasteiger partial charge in [-0.25, -0.2) is 15.0 Å². The van der Waals surface area contributed by atoms with Crippen molar-refractivity contribution in [2.45, 2.75) is 14.5 Å². The maximum Gasteiger partial charge on any atom is 0.250 e. The van der Waals surface area contributed by atoms with E-state index in [4.69, 9.17) is 69.6 Å². The maximum atomic E-state index is 5.81. The van der Waals surface area contributed by atoms with Crippen molar-refractivity contribution in [3.8, 4) is 0 Å². The lowest BCUT2D eigenvalue weighted by Crippen LogP contribution is -2.16. The number of benzene rings is 1.